The van der Waals surface area contributed by atoms with Gasteiger partial charge in [-0.3, -0.25) is 9.59 Å². The molecule has 0 radical (unpaired) electrons. The molecule has 4 rings (SSSR count). The molecule has 1 aliphatic rings. The number of rotatable bonds is 4. The Morgan fingerprint density at radius 3 is 2.72 bits per heavy atom. The van der Waals surface area contributed by atoms with Crippen LogP contribution in [-0.4, -0.2) is 24.4 Å². The Kier molecular flexibility index (Phi) is 3.89. The lowest BCUT2D eigenvalue weighted by atomic mass is 10.0. The number of carbonyl (C=O) groups is 2. The molecule has 1 amide bonds. The van der Waals surface area contributed by atoms with Crippen molar-refractivity contribution in [2.24, 2.45) is 5.92 Å². The van der Waals surface area contributed by atoms with E-state index in [0.717, 1.165) is 6.42 Å². The van der Waals surface area contributed by atoms with Crippen molar-refractivity contribution in [2.45, 2.75) is 19.4 Å². The third-order valence-electron chi connectivity index (χ3n) is 4.44. The van der Waals surface area contributed by atoms with E-state index in [-0.39, 0.29) is 23.3 Å². The van der Waals surface area contributed by atoms with E-state index < -0.39 is 11.9 Å². The topological polar surface area (TPSA) is 81.7 Å². The van der Waals surface area contributed by atoms with Crippen molar-refractivity contribution in [3.8, 4) is 0 Å². The molecule has 1 fully saturated rings. The number of fused-ring (bicyclic) bond motifs is 1. The third kappa shape index (κ3) is 2.74. The number of furan rings is 2. The number of ketones is 1. The first-order valence-electron chi connectivity index (χ1n) is 8.17. The van der Waals surface area contributed by atoms with Gasteiger partial charge in [0.25, 0.3) is 11.7 Å². The summed E-state index contributed by atoms with van der Waals surface area (Å²) in [5.74, 6) is -0.362. The summed E-state index contributed by atoms with van der Waals surface area (Å²) in [6, 6.07) is 10.4. The van der Waals surface area contributed by atoms with Gasteiger partial charge in [0.15, 0.2) is 5.76 Å². The lowest BCUT2D eigenvalue weighted by Gasteiger charge is -2.14. The molecule has 0 aliphatic carbocycles. The zero-order valence-corrected chi connectivity index (χ0v) is 13.7. The molecular formula is C19H17NO5. The molecule has 0 saturated carbocycles. The fourth-order valence-electron chi connectivity index (χ4n) is 3.07. The molecule has 0 spiro atoms. The Hall–Kier alpha value is -2.86. The molecule has 0 unspecified atom stereocenters. The molecule has 6 nitrogen and oxygen atoms in total. The van der Waals surface area contributed by atoms with Crippen molar-refractivity contribution >= 4 is 28.3 Å². The molecule has 0 bridgehead atoms. The largest absolute Gasteiger partial charge is 0.461 e. The summed E-state index contributed by atoms with van der Waals surface area (Å²) in [5, 5.41) is 3.49. The number of ether oxygens (including phenoxy) is 1. The summed E-state index contributed by atoms with van der Waals surface area (Å²) in [7, 11) is 0. The quantitative estimate of drug-likeness (QED) is 0.734. The molecule has 1 aliphatic heterocycles. The summed E-state index contributed by atoms with van der Waals surface area (Å²) in [4.78, 5) is 25.3. The molecule has 2 atom stereocenters. The van der Waals surface area contributed by atoms with Crippen LogP contribution in [0, 0.1) is 5.92 Å². The third-order valence-corrected chi connectivity index (χ3v) is 4.44. The summed E-state index contributed by atoms with van der Waals surface area (Å²) in [5.41, 5.74) is 0.873. The fraction of sp³-hybridized carbons (Fsp3) is 0.263. The summed E-state index contributed by atoms with van der Waals surface area (Å²) >= 11 is 0. The second-order valence-corrected chi connectivity index (χ2v) is 6.16. The van der Waals surface area contributed by atoms with Gasteiger partial charge in [0.1, 0.15) is 11.7 Å². The average Bonchev–Trinajstić information content (AvgIpc) is 3.34. The lowest BCUT2D eigenvalue weighted by Crippen LogP contribution is -2.31. The van der Waals surface area contributed by atoms with E-state index >= 15 is 0 Å². The molecule has 6 heteroatoms. The van der Waals surface area contributed by atoms with E-state index in [2.05, 4.69) is 5.32 Å². The number of hydrogen-bond acceptors (Lipinski definition) is 5. The predicted molar refractivity (Wildman–Crippen MR) is 90.5 cm³/mol. The zero-order chi connectivity index (χ0) is 17.4. The molecule has 1 aromatic carbocycles. The molecular weight excluding hydrogens is 322 g/mol. The molecule has 3 heterocycles. The number of amides is 1. The number of nitrogens with one attached hydrogen (secondary N) is 1. The second-order valence-electron chi connectivity index (χ2n) is 6.16. The van der Waals surface area contributed by atoms with Gasteiger partial charge in [-0.15, -0.1) is 0 Å². The van der Waals surface area contributed by atoms with Gasteiger partial charge in [0.05, 0.1) is 12.0 Å². The molecule has 1 saturated heterocycles. The van der Waals surface area contributed by atoms with Gasteiger partial charge >= 0.3 is 0 Å². The van der Waals surface area contributed by atoms with E-state index in [9.17, 15) is 9.59 Å². The first kappa shape index (κ1) is 15.7. The normalized spacial score (nSPS) is 20.0. The van der Waals surface area contributed by atoms with Crippen LogP contribution >= 0.6 is 0 Å². The Morgan fingerprint density at radius 1 is 1.16 bits per heavy atom. The van der Waals surface area contributed by atoms with E-state index in [1.807, 2.05) is 13.0 Å². The van der Waals surface area contributed by atoms with Gasteiger partial charge in [-0.25, -0.2) is 0 Å². The maximum Gasteiger partial charge on any atom is 0.265 e. The van der Waals surface area contributed by atoms with Crippen molar-refractivity contribution in [1.82, 2.24) is 0 Å². The van der Waals surface area contributed by atoms with Crippen molar-refractivity contribution in [3.63, 3.8) is 0 Å². The van der Waals surface area contributed by atoms with Crippen LogP contribution in [0.25, 0.3) is 11.0 Å². The van der Waals surface area contributed by atoms with Crippen LogP contribution < -0.4 is 5.32 Å². The van der Waals surface area contributed by atoms with E-state index in [4.69, 9.17) is 13.6 Å². The van der Waals surface area contributed by atoms with Crippen LogP contribution in [0.15, 0.2) is 51.5 Å². The highest BCUT2D eigenvalue weighted by Gasteiger charge is 2.33. The van der Waals surface area contributed by atoms with E-state index in [1.165, 1.54) is 6.26 Å². The van der Waals surface area contributed by atoms with Crippen LogP contribution in [0.5, 0.6) is 0 Å². The fourth-order valence-corrected chi connectivity index (χ4v) is 3.07. The highest BCUT2D eigenvalue weighted by molar-refractivity contribution is 6.16. The summed E-state index contributed by atoms with van der Waals surface area (Å²) < 4.78 is 16.4. The van der Waals surface area contributed by atoms with Crippen LogP contribution in [0.3, 0.4) is 0 Å². The number of carbonyl (C=O) groups excluding carboxylic acids is 2. The van der Waals surface area contributed by atoms with Crippen molar-refractivity contribution < 1.29 is 23.2 Å². The Labute approximate surface area is 143 Å². The minimum Gasteiger partial charge on any atom is -0.461 e. The monoisotopic (exact) mass is 339 g/mol. The molecule has 3 aromatic rings. The number of anilines is 1. The maximum atomic E-state index is 12.7. The minimum absolute atomic E-state index is 0.0511. The van der Waals surface area contributed by atoms with E-state index in [1.54, 1.807) is 30.3 Å². The Morgan fingerprint density at radius 2 is 2.00 bits per heavy atom. The van der Waals surface area contributed by atoms with Crippen LogP contribution in [-0.2, 0) is 9.53 Å². The van der Waals surface area contributed by atoms with Gasteiger partial charge < -0.3 is 18.9 Å². The highest BCUT2D eigenvalue weighted by Crippen LogP contribution is 2.33. The Balaban J connectivity index is 1.74. The summed E-state index contributed by atoms with van der Waals surface area (Å²) in [6.07, 6.45) is 1.73. The highest BCUT2D eigenvalue weighted by atomic mass is 16.5. The first-order valence-corrected chi connectivity index (χ1v) is 8.17. The standard InChI is InChI=1S/C19H17NO5/c1-11-8-10-24-17(11)19(22)20-15-12-5-2-3-6-13(12)25-18(15)16(21)14-7-4-9-23-14/h2-7,9,11,17H,8,10H2,1H3,(H,20,22)/t11-,17+/m0/s1. The zero-order valence-electron chi connectivity index (χ0n) is 13.7. The SMILES string of the molecule is C[C@H]1CCO[C@H]1C(=O)Nc1c(C(=O)c2ccco2)oc2ccccc12. The predicted octanol–water partition coefficient (Wildman–Crippen LogP) is 3.62. The summed E-state index contributed by atoms with van der Waals surface area (Å²) in [6.45, 7) is 2.53. The van der Waals surface area contributed by atoms with Gasteiger partial charge in [-0.1, -0.05) is 19.1 Å². The number of para-hydroxylation sites is 1. The van der Waals surface area contributed by atoms with Crippen molar-refractivity contribution in [1.29, 1.82) is 0 Å². The first-order chi connectivity index (χ1) is 12.1. The Bertz CT molecular complexity index is 925. The van der Waals surface area contributed by atoms with Crippen LogP contribution in [0.2, 0.25) is 0 Å². The number of hydrogen-bond donors (Lipinski definition) is 1. The van der Waals surface area contributed by atoms with Gasteiger partial charge in [-0.2, -0.15) is 0 Å². The van der Waals surface area contributed by atoms with Crippen molar-refractivity contribution in [3.05, 3.63) is 54.2 Å². The van der Waals surface area contributed by atoms with Gasteiger partial charge in [0, 0.05) is 12.0 Å². The molecule has 1 N–H and O–H groups in total. The number of benzene rings is 1. The maximum absolute atomic E-state index is 12.7. The average molecular weight is 339 g/mol. The molecule has 2 aromatic heterocycles. The van der Waals surface area contributed by atoms with Crippen molar-refractivity contribution in [2.75, 3.05) is 11.9 Å². The molecule has 128 valence electrons. The van der Waals surface area contributed by atoms with Crippen LogP contribution in [0.1, 0.15) is 29.7 Å². The molecule has 25 heavy (non-hydrogen) atoms. The second kappa shape index (κ2) is 6.22. The van der Waals surface area contributed by atoms with Crippen LogP contribution in [0.4, 0.5) is 5.69 Å². The van der Waals surface area contributed by atoms with Gasteiger partial charge in [-0.05, 0) is 36.6 Å². The minimum atomic E-state index is -0.528. The van der Waals surface area contributed by atoms with E-state index in [0.29, 0.717) is 23.3 Å². The smallest absolute Gasteiger partial charge is 0.265 e. The van der Waals surface area contributed by atoms with Gasteiger partial charge in [0.2, 0.25) is 5.76 Å². The lowest BCUT2D eigenvalue weighted by molar-refractivity contribution is -0.126.